The van der Waals surface area contributed by atoms with E-state index in [0.29, 0.717) is 37.8 Å². The van der Waals surface area contributed by atoms with Crippen LogP contribution in [0.15, 0.2) is 29.3 Å². The first kappa shape index (κ1) is 23.3. The molecule has 1 N–H and O–H groups in total. The Hall–Kier alpha value is -1.72. The van der Waals surface area contributed by atoms with Crippen molar-refractivity contribution in [3.63, 3.8) is 0 Å². The highest BCUT2D eigenvalue weighted by atomic mass is 127. The Morgan fingerprint density at radius 3 is 2.37 bits per heavy atom. The molecule has 1 fully saturated rings. The summed E-state index contributed by atoms with van der Waals surface area (Å²) in [6, 6.07) is 5.37. The van der Waals surface area contributed by atoms with E-state index in [2.05, 4.69) is 10.3 Å². The lowest BCUT2D eigenvalue weighted by Gasteiger charge is -2.37. The molecule has 1 heterocycles. The summed E-state index contributed by atoms with van der Waals surface area (Å²) in [4.78, 5) is 21.3. The number of nitrogens with zero attached hydrogens (tertiary/aromatic N) is 4. The van der Waals surface area contributed by atoms with Crippen LogP contribution in [0.2, 0.25) is 0 Å². The van der Waals surface area contributed by atoms with Gasteiger partial charge in [-0.2, -0.15) is 13.2 Å². The first-order valence-corrected chi connectivity index (χ1v) is 8.30. The zero-order valence-electron chi connectivity index (χ0n) is 15.6. The van der Waals surface area contributed by atoms with Gasteiger partial charge in [0.05, 0.1) is 12.1 Å². The molecule has 1 aliphatic rings. The fourth-order valence-electron chi connectivity index (χ4n) is 2.70. The van der Waals surface area contributed by atoms with E-state index < -0.39 is 11.7 Å². The number of anilines is 1. The molecule has 1 saturated heterocycles. The van der Waals surface area contributed by atoms with E-state index >= 15 is 0 Å². The van der Waals surface area contributed by atoms with Crippen LogP contribution in [0.25, 0.3) is 0 Å². The second-order valence-corrected chi connectivity index (χ2v) is 6.21. The summed E-state index contributed by atoms with van der Waals surface area (Å²) in [5.74, 6) is 0.553. The van der Waals surface area contributed by atoms with Crippen molar-refractivity contribution in [2.24, 2.45) is 4.99 Å². The minimum atomic E-state index is -4.34. The molecule has 0 saturated carbocycles. The molecule has 0 spiro atoms. The number of rotatable bonds is 3. The summed E-state index contributed by atoms with van der Waals surface area (Å²) in [6.07, 6.45) is -4.34. The second kappa shape index (κ2) is 10.00. The Bertz CT molecular complexity index is 658. The van der Waals surface area contributed by atoms with Gasteiger partial charge in [0.1, 0.15) is 0 Å². The molecule has 0 unspecified atom stereocenters. The number of halogens is 4. The average molecular weight is 499 g/mol. The number of nitrogens with one attached hydrogen (secondary N) is 1. The number of amides is 1. The third kappa shape index (κ3) is 6.43. The Balaban J connectivity index is 0.00000364. The maximum absolute atomic E-state index is 12.9. The molecule has 0 bridgehead atoms. The van der Waals surface area contributed by atoms with E-state index in [1.807, 2.05) is 9.80 Å². The Morgan fingerprint density at radius 1 is 1.22 bits per heavy atom. The van der Waals surface area contributed by atoms with Crippen LogP contribution in [0.1, 0.15) is 5.56 Å². The van der Waals surface area contributed by atoms with Crippen LogP contribution < -0.4 is 10.2 Å². The Kier molecular flexibility index (Phi) is 8.63. The number of alkyl halides is 3. The molecule has 1 aromatic rings. The number of carbonyl (C=O) groups excluding carboxylic acids is 1. The molecule has 0 radical (unpaired) electrons. The molecule has 1 aromatic carbocycles. The third-order valence-electron chi connectivity index (χ3n) is 4.23. The largest absolute Gasteiger partial charge is 0.416 e. The van der Waals surface area contributed by atoms with Gasteiger partial charge in [0.25, 0.3) is 0 Å². The SMILES string of the molecule is CN=C(NCC(=O)N(C)C)N1CCN(c2cccc(C(F)(F)F)c2)CC1.I. The van der Waals surface area contributed by atoms with E-state index in [4.69, 9.17) is 0 Å². The van der Waals surface area contributed by atoms with Gasteiger partial charge in [0, 0.05) is 53.0 Å². The van der Waals surface area contributed by atoms with Gasteiger partial charge in [0.2, 0.25) is 5.91 Å². The number of aliphatic imine (C=N–C) groups is 1. The van der Waals surface area contributed by atoms with Crippen molar-refractivity contribution < 1.29 is 18.0 Å². The first-order chi connectivity index (χ1) is 12.2. The fourth-order valence-corrected chi connectivity index (χ4v) is 2.70. The van der Waals surface area contributed by atoms with Crippen molar-refractivity contribution in [1.82, 2.24) is 15.1 Å². The van der Waals surface area contributed by atoms with E-state index in [9.17, 15) is 18.0 Å². The van der Waals surface area contributed by atoms with E-state index in [0.717, 1.165) is 6.07 Å². The van der Waals surface area contributed by atoms with Gasteiger partial charge in [-0.25, -0.2) is 0 Å². The van der Waals surface area contributed by atoms with Gasteiger partial charge >= 0.3 is 6.18 Å². The zero-order chi connectivity index (χ0) is 19.3. The molecule has 152 valence electrons. The summed E-state index contributed by atoms with van der Waals surface area (Å²) in [5, 5.41) is 3.02. The Morgan fingerprint density at radius 2 is 1.85 bits per heavy atom. The normalized spacial score (nSPS) is 15.3. The minimum Gasteiger partial charge on any atom is -0.368 e. The van der Waals surface area contributed by atoms with Crippen LogP contribution in [0.4, 0.5) is 18.9 Å². The number of likely N-dealkylation sites (N-methyl/N-ethyl adjacent to an activating group) is 1. The highest BCUT2D eigenvalue weighted by Gasteiger charge is 2.31. The smallest absolute Gasteiger partial charge is 0.368 e. The Labute approximate surface area is 174 Å². The van der Waals surface area contributed by atoms with Crippen molar-refractivity contribution >= 4 is 41.5 Å². The molecule has 0 aliphatic carbocycles. The van der Waals surface area contributed by atoms with Crippen LogP contribution in [-0.4, -0.2) is 75.5 Å². The van der Waals surface area contributed by atoms with Crippen LogP contribution >= 0.6 is 24.0 Å². The zero-order valence-corrected chi connectivity index (χ0v) is 17.9. The second-order valence-electron chi connectivity index (χ2n) is 6.21. The number of piperazine rings is 1. The summed E-state index contributed by atoms with van der Waals surface area (Å²) >= 11 is 0. The van der Waals surface area contributed by atoms with Crippen molar-refractivity contribution in [1.29, 1.82) is 0 Å². The molecule has 1 amide bonds. The molecular weight excluding hydrogens is 474 g/mol. The molecule has 6 nitrogen and oxygen atoms in total. The van der Waals surface area contributed by atoms with Crippen molar-refractivity contribution in [2.75, 3.05) is 58.8 Å². The number of hydrogen-bond acceptors (Lipinski definition) is 3. The fraction of sp³-hybridized carbons (Fsp3) is 0.529. The quantitative estimate of drug-likeness (QED) is 0.394. The lowest BCUT2D eigenvalue weighted by atomic mass is 10.1. The highest BCUT2D eigenvalue weighted by molar-refractivity contribution is 14.0. The van der Waals surface area contributed by atoms with Crippen molar-refractivity contribution in [3.8, 4) is 0 Å². The molecule has 1 aliphatic heterocycles. The summed E-state index contributed by atoms with van der Waals surface area (Å²) in [7, 11) is 5.00. The van der Waals surface area contributed by atoms with E-state index in [1.165, 1.54) is 17.0 Å². The van der Waals surface area contributed by atoms with Gasteiger partial charge in [-0.05, 0) is 18.2 Å². The standard InChI is InChI=1S/C17H24F3N5O.HI/c1-21-16(22-12-15(26)23(2)3)25-9-7-24(8-10-25)14-6-4-5-13(11-14)17(18,19)20;/h4-6,11H,7-10,12H2,1-3H3,(H,21,22);1H. The molecule has 10 heteroatoms. The van der Waals surface area contributed by atoms with Crippen molar-refractivity contribution in [2.45, 2.75) is 6.18 Å². The van der Waals surface area contributed by atoms with Gasteiger partial charge < -0.3 is 20.0 Å². The van der Waals surface area contributed by atoms with Crippen LogP contribution in [0.3, 0.4) is 0 Å². The van der Waals surface area contributed by atoms with Gasteiger partial charge in [0.15, 0.2) is 5.96 Å². The van der Waals surface area contributed by atoms with Crippen molar-refractivity contribution in [3.05, 3.63) is 29.8 Å². The molecule has 0 atom stereocenters. The molecular formula is C17H25F3IN5O. The summed E-state index contributed by atoms with van der Waals surface area (Å²) in [5.41, 5.74) is -0.0812. The summed E-state index contributed by atoms with van der Waals surface area (Å²) in [6.45, 7) is 2.50. The molecule has 2 rings (SSSR count). The monoisotopic (exact) mass is 499 g/mol. The lowest BCUT2D eigenvalue weighted by molar-refractivity contribution is -0.137. The number of carbonyl (C=O) groups is 1. The van der Waals surface area contributed by atoms with Gasteiger partial charge in [-0.3, -0.25) is 9.79 Å². The average Bonchev–Trinajstić information content (AvgIpc) is 2.62. The van der Waals surface area contributed by atoms with Crippen LogP contribution in [-0.2, 0) is 11.0 Å². The van der Waals surface area contributed by atoms with Crippen LogP contribution in [0.5, 0.6) is 0 Å². The number of benzene rings is 1. The number of hydrogen-bond donors (Lipinski definition) is 1. The predicted octanol–water partition coefficient (Wildman–Crippen LogP) is 2.11. The molecule has 27 heavy (non-hydrogen) atoms. The highest BCUT2D eigenvalue weighted by Crippen LogP contribution is 2.31. The third-order valence-corrected chi connectivity index (χ3v) is 4.23. The van der Waals surface area contributed by atoms with E-state index in [1.54, 1.807) is 27.2 Å². The maximum Gasteiger partial charge on any atom is 0.416 e. The van der Waals surface area contributed by atoms with Crippen LogP contribution in [0, 0.1) is 0 Å². The van der Waals surface area contributed by atoms with Gasteiger partial charge in [-0.15, -0.1) is 24.0 Å². The molecule has 0 aromatic heterocycles. The summed E-state index contributed by atoms with van der Waals surface area (Å²) < 4.78 is 38.6. The van der Waals surface area contributed by atoms with Gasteiger partial charge in [-0.1, -0.05) is 6.07 Å². The minimum absolute atomic E-state index is 0. The lowest BCUT2D eigenvalue weighted by Crippen LogP contribution is -2.53. The maximum atomic E-state index is 12.9. The van der Waals surface area contributed by atoms with E-state index in [-0.39, 0.29) is 36.4 Å². The topological polar surface area (TPSA) is 51.2 Å². The number of guanidine groups is 1. The predicted molar refractivity (Wildman–Crippen MR) is 111 cm³/mol. The first-order valence-electron chi connectivity index (χ1n) is 8.30.